The second-order valence-electron chi connectivity index (χ2n) is 5.79. The number of benzene rings is 1. The van der Waals surface area contributed by atoms with E-state index in [9.17, 15) is 0 Å². The minimum Gasteiger partial charge on any atom is -0.356 e. The molecule has 0 saturated carbocycles. The Balaban J connectivity index is 2.28. The number of hydrogen-bond acceptors (Lipinski definition) is 4. The first-order valence-electron chi connectivity index (χ1n) is 8.17. The molecule has 0 radical (unpaired) electrons. The van der Waals surface area contributed by atoms with E-state index in [1.54, 1.807) is 0 Å². The molecule has 0 spiro atoms. The molecule has 0 aliphatic heterocycles. The molecular weight excluding hydrogens is 352 g/mol. The van der Waals surface area contributed by atoms with Gasteiger partial charge in [-0.15, -0.1) is 0 Å². The molecule has 0 saturated heterocycles. The van der Waals surface area contributed by atoms with Crippen LogP contribution in [0.5, 0.6) is 0 Å². The average Bonchev–Trinajstić information content (AvgIpc) is 2.49. The van der Waals surface area contributed by atoms with E-state index < -0.39 is 0 Å². The monoisotopic (exact) mass is 376 g/mol. The molecule has 1 heterocycles. The molecule has 0 unspecified atom stereocenters. The van der Waals surface area contributed by atoms with Gasteiger partial charge in [-0.3, -0.25) is 0 Å². The first-order valence-corrected chi connectivity index (χ1v) is 8.96. The molecule has 2 rings (SSSR count). The van der Waals surface area contributed by atoms with Gasteiger partial charge in [-0.2, -0.15) is 4.98 Å². The fourth-order valence-electron chi connectivity index (χ4n) is 2.49. The third kappa shape index (κ3) is 4.93. The fourth-order valence-corrected chi connectivity index (χ4v) is 3.08. The first kappa shape index (κ1) is 17.7. The minimum atomic E-state index is 0.641. The highest BCUT2D eigenvalue weighted by molar-refractivity contribution is 9.10. The van der Waals surface area contributed by atoms with Gasteiger partial charge in [-0.1, -0.05) is 19.9 Å². The van der Waals surface area contributed by atoms with E-state index in [4.69, 9.17) is 4.98 Å². The van der Waals surface area contributed by atoms with Gasteiger partial charge in [-0.05, 0) is 60.3 Å². The molecule has 0 bridgehead atoms. The van der Waals surface area contributed by atoms with Crippen LogP contribution in [0.4, 0.5) is 17.5 Å². The molecule has 0 fully saturated rings. The quantitative estimate of drug-likeness (QED) is 0.718. The number of nitrogens with zero attached hydrogens (tertiary/aromatic N) is 3. The number of aryl methyl sites for hydroxylation is 2. The van der Waals surface area contributed by atoms with Crippen LogP contribution in [-0.2, 0) is 0 Å². The summed E-state index contributed by atoms with van der Waals surface area (Å²) in [5.41, 5.74) is 3.16. The zero-order valence-electron chi connectivity index (χ0n) is 14.4. The molecule has 1 N–H and O–H groups in total. The Bertz CT molecular complexity index is 651. The summed E-state index contributed by atoms with van der Waals surface area (Å²) in [6.45, 7) is 10.5. The summed E-state index contributed by atoms with van der Waals surface area (Å²) in [4.78, 5) is 11.6. The van der Waals surface area contributed by atoms with Crippen molar-refractivity contribution in [2.24, 2.45) is 0 Å². The van der Waals surface area contributed by atoms with Crippen molar-refractivity contribution in [1.82, 2.24) is 9.97 Å². The van der Waals surface area contributed by atoms with E-state index in [0.717, 1.165) is 47.6 Å². The maximum absolute atomic E-state index is 4.71. The summed E-state index contributed by atoms with van der Waals surface area (Å²) in [5.74, 6) is 1.63. The molecule has 0 amide bonds. The van der Waals surface area contributed by atoms with Crippen molar-refractivity contribution in [3.05, 3.63) is 40.0 Å². The van der Waals surface area contributed by atoms with Gasteiger partial charge >= 0.3 is 0 Å². The smallest absolute Gasteiger partial charge is 0.229 e. The van der Waals surface area contributed by atoms with Gasteiger partial charge in [0.25, 0.3) is 0 Å². The Morgan fingerprint density at radius 3 is 2.35 bits per heavy atom. The summed E-state index contributed by atoms with van der Waals surface area (Å²) in [5, 5.41) is 3.32. The van der Waals surface area contributed by atoms with Crippen molar-refractivity contribution in [2.75, 3.05) is 23.3 Å². The van der Waals surface area contributed by atoms with Gasteiger partial charge in [0.15, 0.2) is 0 Å². The van der Waals surface area contributed by atoms with Crippen LogP contribution in [0, 0.1) is 13.8 Å². The lowest BCUT2D eigenvalue weighted by atomic mass is 10.2. The van der Waals surface area contributed by atoms with Crippen molar-refractivity contribution in [1.29, 1.82) is 0 Å². The van der Waals surface area contributed by atoms with Crippen molar-refractivity contribution >= 4 is 33.4 Å². The fraction of sp³-hybridized carbons (Fsp3) is 0.444. The zero-order chi connectivity index (χ0) is 16.8. The lowest BCUT2D eigenvalue weighted by Gasteiger charge is -2.23. The number of aromatic nitrogens is 2. The molecule has 1 aromatic carbocycles. The molecule has 4 nitrogen and oxygen atoms in total. The maximum Gasteiger partial charge on any atom is 0.229 e. The van der Waals surface area contributed by atoms with Crippen LogP contribution in [0.3, 0.4) is 0 Å². The molecule has 0 aliphatic carbocycles. The highest BCUT2D eigenvalue weighted by Crippen LogP contribution is 2.26. The molecule has 124 valence electrons. The number of nitrogens with one attached hydrogen (secondary N) is 1. The number of hydrogen-bond donors (Lipinski definition) is 1. The summed E-state index contributed by atoms with van der Waals surface area (Å²) >= 11 is 3.59. The van der Waals surface area contributed by atoms with E-state index in [1.807, 2.05) is 13.0 Å². The first-order chi connectivity index (χ1) is 11.0. The van der Waals surface area contributed by atoms with Crippen LogP contribution in [0.15, 0.2) is 28.7 Å². The molecule has 2 aromatic rings. The normalized spacial score (nSPS) is 10.7. The summed E-state index contributed by atoms with van der Waals surface area (Å²) in [6.07, 6.45) is 2.21. The summed E-state index contributed by atoms with van der Waals surface area (Å²) in [7, 11) is 0. The van der Waals surface area contributed by atoms with Gasteiger partial charge in [0.2, 0.25) is 5.95 Å². The van der Waals surface area contributed by atoms with Crippen LogP contribution in [0.1, 0.15) is 37.9 Å². The van der Waals surface area contributed by atoms with E-state index in [2.05, 4.69) is 70.1 Å². The largest absolute Gasteiger partial charge is 0.356 e. The van der Waals surface area contributed by atoms with Crippen LogP contribution in [0.25, 0.3) is 0 Å². The number of anilines is 3. The predicted octanol–water partition coefficient (Wildman–Crippen LogP) is 5.23. The van der Waals surface area contributed by atoms with E-state index in [-0.39, 0.29) is 0 Å². The van der Waals surface area contributed by atoms with E-state index >= 15 is 0 Å². The zero-order valence-corrected chi connectivity index (χ0v) is 15.9. The Labute approximate surface area is 147 Å². The number of rotatable bonds is 7. The van der Waals surface area contributed by atoms with Crippen LogP contribution in [-0.4, -0.2) is 23.1 Å². The van der Waals surface area contributed by atoms with Gasteiger partial charge in [0.1, 0.15) is 5.82 Å². The van der Waals surface area contributed by atoms with Gasteiger partial charge in [0.05, 0.1) is 5.69 Å². The standard InChI is InChI=1S/C18H25BrN4/c1-5-9-23(10-6-2)17-12-14(4)20-18(22-17)21-16-8-7-13(3)11-15(16)19/h7-8,11-12H,5-6,9-10H2,1-4H3,(H,20,21,22). The Morgan fingerprint density at radius 1 is 1.04 bits per heavy atom. The van der Waals surface area contributed by atoms with Crippen molar-refractivity contribution in [3.8, 4) is 0 Å². The highest BCUT2D eigenvalue weighted by Gasteiger charge is 2.10. The Morgan fingerprint density at radius 2 is 1.74 bits per heavy atom. The van der Waals surface area contributed by atoms with Crippen molar-refractivity contribution in [2.45, 2.75) is 40.5 Å². The molecule has 1 aromatic heterocycles. The molecule has 23 heavy (non-hydrogen) atoms. The second kappa shape index (κ2) is 8.29. The molecule has 5 heteroatoms. The Kier molecular flexibility index (Phi) is 6.39. The van der Waals surface area contributed by atoms with Crippen LogP contribution < -0.4 is 10.2 Å². The van der Waals surface area contributed by atoms with Gasteiger partial charge < -0.3 is 10.2 Å². The topological polar surface area (TPSA) is 41.1 Å². The highest BCUT2D eigenvalue weighted by atomic mass is 79.9. The minimum absolute atomic E-state index is 0.641. The second-order valence-corrected chi connectivity index (χ2v) is 6.64. The molecule has 0 atom stereocenters. The maximum atomic E-state index is 4.71. The van der Waals surface area contributed by atoms with E-state index in [1.165, 1.54) is 5.56 Å². The van der Waals surface area contributed by atoms with Gasteiger partial charge in [0, 0.05) is 29.3 Å². The number of halogens is 1. The third-order valence-electron chi connectivity index (χ3n) is 3.52. The third-order valence-corrected chi connectivity index (χ3v) is 4.18. The lowest BCUT2D eigenvalue weighted by molar-refractivity contribution is 0.732. The Hall–Kier alpha value is -1.62. The summed E-state index contributed by atoms with van der Waals surface area (Å²) in [6, 6.07) is 8.26. The van der Waals surface area contributed by atoms with Crippen LogP contribution >= 0.6 is 15.9 Å². The lowest BCUT2D eigenvalue weighted by Crippen LogP contribution is -2.26. The molecule has 0 aliphatic rings. The average molecular weight is 377 g/mol. The van der Waals surface area contributed by atoms with Gasteiger partial charge in [-0.25, -0.2) is 4.98 Å². The predicted molar refractivity (Wildman–Crippen MR) is 102 cm³/mol. The van der Waals surface area contributed by atoms with E-state index in [0.29, 0.717) is 5.95 Å². The SMILES string of the molecule is CCCN(CCC)c1cc(C)nc(Nc2ccc(C)cc2Br)n1. The van der Waals surface area contributed by atoms with Crippen LogP contribution in [0.2, 0.25) is 0 Å². The van der Waals surface area contributed by atoms with Crippen molar-refractivity contribution in [3.63, 3.8) is 0 Å². The molecular formula is C18H25BrN4. The summed E-state index contributed by atoms with van der Waals surface area (Å²) < 4.78 is 1.02. The van der Waals surface area contributed by atoms with Crippen molar-refractivity contribution < 1.29 is 0 Å².